The molecule has 17 heavy (non-hydrogen) atoms. The number of nitrogen functional groups attached to an aromatic ring is 1. The van der Waals surface area contributed by atoms with E-state index >= 15 is 0 Å². The maximum atomic E-state index is 5.82. The lowest BCUT2D eigenvalue weighted by Crippen LogP contribution is -1.95. The number of aromatic amines is 1. The number of nitrogens with one attached hydrogen (secondary N) is 1. The summed E-state index contributed by atoms with van der Waals surface area (Å²) in [4.78, 5) is 0. The van der Waals surface area contributed by atoms with E-state index in [0.29, 0.717) is 12.4 Å². The molecule has 1 aromatic carbocycles. The molecule has 0 saturated heterocycles. The van der Waals surface area contributed by atoms with Crippen molar-refractivity contribution in [2.24, 2.45) is 0 Å². The first-order valence-electron chi connectivity index (χ1n) is 5.21. The van der Waals surface area contributed by atoms with Crippen molar-refractivity contribution in [2.45, 2.75) is 6.61 Å². The van der Waals surface area contributed by atoms with Crippen LogP contribution in [0.1, 0.15) is 5.56 Å². The second kappa shape index (κ2) is 4.88. The SMILES string of the molecule is COCc1cc(OC)ccc1-c1cn[nH]c1N. The van der Waals surface area contributed by atoms with Crippen LogP contribution in [0.5, 0.6) is 5.75 Å². The Hall–Kier alpha value is -2.01. The van der Waals surface area contributed by atoms with Gasteiger partial charge in [-0.25, -0.2) is 0 Å². The van der Waals surface area contributed by atoms with Crippen molar-refractivity contribution < 1.29 is 9.47 Å². The number of nitrogens with two attached hydrogens (primary N) is 1. The summed E-state index contributed by atoms with van der Waals surface area (Å²) in [5.74, 6) is 1.34. The number of rotatable bonds is 4. The molecule has 0 atom stereocenters. The molecule has 0 radical (unpaired) electrons. The van der Waals surface area contributed by atoms with Gasteiger partial charge in [-0.1, -0.05) is 6.07 Å². The lowest BCUT2D eigenvalue weighted by atomic mass is 10.0. The fourth-order valence-corrected chi connectivity index (χ4v) is 1.75. The number of hydrogen-bond donors (Lipinski definition) is 2. The first-order valence-corrected chi connectivity index (χ1v) is 5.21. The normalized spacial score (nSPS) is 10.5. The summed E-state index contributed by atoms with van der Waals surface area (Å²) in [6, 6.07) is 5.78. The minimum absolute atomic E-state index is 0.497. The summed E-state index contributed by atoms with van der Waals surface area (Å²) in [6.07, 6.45) is 1.70. The summed E-state index contributed by atoms with van der Waals surface area (Å²) in [6.45, 7) is 0.497. The average molecular weight is 233 g/mol. The molecule has 2 rings (SSSR count). The third-order valence-electron chi connectivity index (χ3n) is 2.57. The summed E-state index contributed by atoms with van der Waals surface area (Å²) in [7, 11) is 3.29. The number of benzene rings is 1. The first-order chi connectivity index (χ1) is 8.26. The number of ether oxygens (including phenoxy) is 2. The molecule has 0 aliphatic rings. The zero-order valence-electron chi connectivity index (χ0n) is 9.86. The highest BCUT2D eigenvalue weighted by atomic mass is 16.5. The number of H-pyrrole nitrogens is 1. The molecule has 1 aromatic heterocycles. The van der Waals surface area contributed by atoms with E-state index in [-0.39, 0.29) is 0 Å². The fourth-order valence-electron chi connectivity index (χ4n) is 1.75. The van der Waals surface area contributed by atoms with Crippen LogP contribution in [0.4, 0.5) is 5.82 Å². The second-order valence-electron chi connectivity index (χ2n) is 3.65. The quantitative estimate of drug-likeness (QED) is 0.844. The van der Waals surface area contributed by atoms with E-state index < -0.39 is 0 Å². The molecule has 0 spiro atoms. The number of aromatic nitrogens is 2. The van der Waals surface area contributed by atoms with Crippen LogP contribution >= 0.6 is 0 Å². The zero-order valence-corrected chi connectivity index (χ0v) is 9.86. The predicted molar refractivity (Wildman–Crippen MR) is 65.7 cm³/mol. The van der Waals surface area contributed by atoms with Crippen molar-refractivity contribution in [1.29, 1.82) is 0 Å². The molecule has 0 bridgehead atoms. The highest BCUT2D eigenvalue weighted by Gasteiger charge is 2.10. The Labute approximate surface area is 99.5 Å². The van der Waals surface area contributed by atoms with Gasteiger partial charge in [0, 0.05) is 12.7 Å². The predicted octanol–water partition coefficient (Wildman–Crippen LogP) is 1.81. The molecule has 3 N–H and O–H groups in total. The Morgan fingerprint density at radius 3 is 2.71 bits per heavy atom. The van der Waals surface area contributed by atoms with Gasteiger partial charge < -0.3 is 15.2 Å². The van der Waals surface area contributed by atoms with E-state index in [2.05, 4.69) is 10.2 Å². The van der Waals surface area contributed by atoms with E-state index in [1.54, 1.807) is 20.4 Å². The molecule has 1 heterocycles. The largest absolute Gasteiger partial charge is 0.497 e. The number of hydrogen-bond acceptors (Lipinski definition) is 4. The van der Waals surface area contributed by atoms with Gasteiger partial charge in [0.25, 0.3) is 0 Å². The molecule has 0 amide bonds. The Kier molecular flexibility index (Phi) is 3.30. The standard InChI is InChI=1S/C12H15N3O2/c1-16-7-8-5-9(17-2)3-4-10(8)11-6-14-15-12(11)13/h3-6H,7H2,1-2H3,(H3,13,14,15). The summed E-state index contributed by atoms with van der Waals surface area (Å²) in [5.41, 5.74) is 8.71. The minimum Gasteiger partial charge on any atom is -0.497 e. The van der Waals surface area contributed by atoms with Crippen LogP contribution in [-0.4, -0.2) is 24.4 Å². The summed E-state index contributed by atoms with van der Waals surface area (Å²) in [5, 5.41) is 6.64. The van der Waals surface area contributed by atoms with Crippen molar-refractivity contribution in [2.75, 3.05) is 20.0 Å². The lowest BCUT2D eigenvalue weighted by Gasteiger charge is -2.10. The van der Waals surface area contributed by atoms with Gasteiger partial charge in [-0.3, -0.25) is 5.10 Å². The molecule has 90 valence electrons. The van der Waals surface area contributed by atoms with Gasteiger partial charge in [-0.15, -0.1) is 0 Å². The molecular weight excluding hydrogens is 218 g/mol. The second-order valence-corrected chi connectivity index (χ2v) is 3.65. The average Bonchev–Trinajstić information content (AvgIpc) is 2.76. The van der Waals surface area contributed by atoms with Crippen LogP contribution in [0.3, 0.4) is 0 Å². The van der Waals surface area contributed by atoms with Gasteiger partial charge >= 0.3 is 0 Å². The Balaban J connectivity index is 2.49. The molecular formula is C12H15N3O2. The van der Waals surface area contributed by atoms with Crippen LogP contribution < -0.4 is 10.5 Å². The third kappa shape index (κ3) is 2.24. The molecule has 0 aliphatic carbocycles. The summed E-state index contributed by atoms with van der Waals surface area (Å²) >= 11 is 0. The van der Waals surface area contributed by atoms with Gasteiger partial charge in [0.05, 0.1) is 19.9 Å². The van der Waals surface area contributed by atoms with Crippen LogP contribution in [0.15, 0.2) is 24.4 Å². The Morgan fingerprint density at radius 2 is 2.12 bits per heavy atom. The maximum Gasteiger partial charge on any atom is 0.126 e. The van der Waals surface area contributed by atoms with Gasteiger partial charge in [0.1, 0.15) is 11.6 Å². The Bertz CT molecular complexity index is 508. The first kappa shape index (κ1) is 11.5. The number of methoxy groups -OCH3 is 2. The van der Waals surface area contributed by atoms with E-state index in [0.717, 1.165) is 22.4 Å². The topological polar surface area (TPSA) is 73.2 Å². The lowest BCUT2D eigenvalue weighted by molar-refractivity contribution is 0.185. The minimum atomic E-state index is 0.497. The third-order valence-corrected chi connectivity index (χ3v) is 2.57. The zero-order chi connectivity index (χ0) is 12.3. The molecule has 0 aliphatic heterocycles. The van der Waals surface area contributed by atoms with Crippen LogP contribution in [0.25, 0.3) is 11.1 Å². The molecule has 0 unspecified atom stereocenters. The molecule has 0 saturated carbocycles. The number of anilines is 1. The monoisotopic (exact) mass is 233 g/mol. The highest BCUT2D eigenvalue weighted by Crippen LogP contribution is 2.30. The van der Waals surface area contributed by atoms with E-state index in [9.17, 15) is 0 Å². The summed E-state index contributed by atoms with van der Waals surface area (Å²) < 4.78 is 10.4. The van der Waals surface area contributed by atoms with Crippen LogP contribution in [0, 0.1) is 0 Å². The van der Waals surface area contributed by atoms with Crippen LogP contribution in [0.2, 0.25) is 0 Å². The maximum absolute atomic E-state index is 5.82. The van der Waals surface area contributed by atoms with Gasteiger partial charge in [0.15, 0.2) is 0 Å². The van der Waals surface area contributed by atoms with Crippen molar-refractivity contribution in [3.63, 3.8) is 0 Å². The van der Waals surface area contributed by atoms with E-state index in [1.165, 1.54) is 0 Å². The molecule has 5 heteroatoms. The van der Waals surface area contributed by atoms with E-state index in [4.69, 9.17) is 15.2 Å². The molecule has 2 aromatic rings. The highest BCUT2D eigenvalue weighted by molar-refractivity contribution is 5.76. The van der Waals surface area contributed by atoms with E-state index in [1.807, 2.05) is 18.2 Å². The molecule has 0 fully saturated rings. The van der Waals surface area contributed by atoms with Gasteiger partial charge in [0.2, 0.25) is 0 Å². The van der Waals surface area contributed by atoms with Crippen molar-refractivity contribution in [3.05, 3.63) is 30.0 Å². The van der Waals surface area contributed by atoms with Crippen molar-refractivity contribution >= 4 is 5.82 Å². The van der Waals surface area contributed by atoms with Crippen molar-refractivity contribution in [1.82, 2.24) is 10.2 Å². The van der Waals surface area contributed by atoms with Crippen molar-refractivity contribution in [3.8, 4) is 16.9 Å². The van der Waals surface area contributed by atoms with Gasteiger partial charge in [-0.05, 0) is 23.3 Å². The molecule has 5 nitrogen and oxygen atoms in total. The number of nitrogens with zero attached hydrogens (tertiary/aromatic N) is 1. The Morgan fingerprint density at radius 1 is 1.29 bits per heavy atom. The fraction of sp³-hybridized carbons (Fsp3) is 0.250. The van der Waals surface area contributed by atoms with Gasteiger partial charge in [-0.2, -0.15) is 5.10 Å². The smallest absolute Gasteiger partial charge is 0.126 e. The van der Waals surface area contributed by atoms with Crippen LogP contribution in [-0.2, 0) is 11.3 Å².